The molecule has 0 aliphatic rings. The van der Waals surface area contributed by atoms with Crippen LogP contribution < -0.4 is 10.1 Å². The van der Waals surface area contributed by atoms with Crippen LogP contribution in [0.4, 0.5) is 0 Å². The van der Waals surface area contributed by atoms with Gasteiger partial charge in [-0.05, 0) is 43.5 Å². The molecule has 0 aromatic heterocycles. The van der Waals surface area contributed by atoms with Gasteiger partial charge in [0.05, 0.1) is 11.6 Å². The van der Waals surface area contributed by atoms with Crippen molar-refractivity contribution in [2.45, 2.75) is 32.7 Å². The zero-order chi connectivity index (χ0) is 13.2. The van der Waals surface area contributed by atoms with Gasteiger partial charge in [-0.25, -0.2) is 0 Å². The molecule has 0 amide bonds. The van der Waals surface area contributed by atoms with Gasteiger partial charge in [-0.3, -0.25) is 0 Å². The van der Waals surface area contributed by atoms with E-state index in [0.717, 1.165) is 38.1 Å². The number of rotatable bonds is 9. The summed E-state index contributed by atoms with van der Waals surface area (Å²) in [5.74, 6) is 0.764. The number of ether oxygens (including phenoxy) is 1. The van der Waals surface area contributed by atoms with E-state index in [4.69, 9.17) is 16.3 Å². The average Bonchev–Trinajstić information content (AvgIpc) is 2.37. The van der Waals surface area contributed by atoms with Crippen molar-refractivity contribution >= 4 is 11.6 Å². The monoisotopic (exact) mass is 267 g/mol. The summed E-state index contributed by atoms with van der Waals surface area (Å²) in [5.41, 5.74) is 1.19. The standard InChI is InChI=1S/C15H22ClNO/c1-3-5-6-10-18-15-8-7-13(11-14(15)16)12-17-9-4-2/h3,7-8,11,17H,1,4-6,9-10,12H2,2H3. The number of hydrogen-bond acceptors (Lipinski definition) is 2. The summed E-state index contributed by atoms with van der Waals surface area (Å²) >= 11 is 6.18. The first kappa shape index (κ1) is 15.1. The SMILES string of the molecule is C=CCCCOc1ccc(CNCCC)cc1Cl. The van der Waals surface area contributed by atoms with E-state index in [1.54, 1.807) is 0 Å². The van der Waals surface area contributed by atoms with E-state index < -0.39 is 0 Å². The van der Waals surface area contributed by atoms with E-state index in [1.807, 2.05) is 18.2 Å². The Morgan fingerprint density at radius 2 is 2.28 bits per heavy atom. The van der Waals surface area contributed by atoms with Gasteiger partial charge in [-0.15, -0.1) is 6.58 Å². The van der Waals surface area contributed by atoms with Crippen LogP contribution in [-0.4, -0.2) is 13.2 Å². The second-order valence-electron chi connectivity index (χ2n) is 4.22. The third-order valence-corrected chi connectivity index (χ3v) is 2.86. The van der Waals surface area contributed by atoms with Crippen molar-refractivity contribution in [2.75, 3.05) is 13.2 Å². The molecule has 0 atom stereocenters. The van der Waals surface area contributed by atoms with E-state index in [0.29, 0.717) is 11.6 Å². The van der Waals surface area contributed by atoms with E-state index in [9.17, 15) is 0 Å². The number of hydrogen-bond donors (Lipinski definition) is 1. The second kappa shape index (κ2) is 9.01. The third-order valence-electron chi connectivity index (χ3n) is 2.56. The predicted molar refractivity (Wildman–Crippen MR) is 78.4 cm³/mol. The minimum Gasteiger partial charge on any atom is -0.492 e. The number of benzene rings is 1. The van der Waals surface area contributed by atoms with Crippen LogP contribution in [0.5, 0.6) is 5.75 Å². The van der Waals surface area contributed by atoms with Crippen molar-refractivity contribution in [1.82, 2.24) is 5.32 Å². The zero-order valence-corrected chi connectivity index (χ0v) is 11.8. The van der Waals surface area contributed by atoms with Gasteiger partial charge in [0.25, 0.3) is 0 Å². The molecule has 0 fully saturated rings. The molecule has 0 unspecified atom stereocenters. The highest BCUT2D eigenvalue weighted by molar-refractivity contribution is 6.32. The van der Waals surface area contributed by atoms with Crippen molar-refractivity contribution in [3.8, 4) is 5.75 Å². The van der Waals surface area contributed by atoms with E-state index >= 15 is 0 Å². The van der Waals surface area contributed by atoms with Crippen LogP contribution >= 0.6 is 11.6 Å². The number of halogens is 1. The quantitative estimate of drug-likeness (QED) is 0.535. The Kier molecular flexibility index (Phi) is 7.54. The molecule has 2 nitrogen and oxygen atoms in total. The Morgan fingerprint density at radius 1 is 1.44 bits per heavy atom. The molecule has 0 bridgehead atoms. The minimum atomic E-state index is 0.680. The van der Waals surface area contributed by atoms with Crippen molar-refractivity contribution in [1.29, 1.82) is 0 Å². The largest absolute Gasteiger partial charge is 0.492 e. The summed E-state index contributed by atoms with van der Waals surface area (Å²) in [5, 5.41) is 4.03. The first-order valence-electron chi connectivity index (χ1n) is 6.50. The van der Waals surface area contributed by atoms with Crippen LogP contribution in [0.25, 0.3) is 0 Å². The van der Waals surface area contributed by atoms with Crippen LogP contribution in [0.1, 0.15) is 31.7 Å². The van der Waals surface area contributed by atoms with Crippen LogP contribution in [0.3, 0.4) is 0 Å². The van der Waals surface area contributed by atoms with E-state index in [2.05, 4.69) is 24.9 Å². The summed E-state index contributed by atoms with van der Waals surface area (Å²) in [6.07, 6.45) is 4.97. The van der Waals surface area contributed by atoms with Gasteiger partial charge >= 0.3 is 0 Å². The van der Waals surface area contributed by atoms with Crippen LogP contribution in [0.2, 0.25) is 5.02 Å². The summed E-state index contributed by atoms with van der Waals surface area (Å²) < 4.78 is 5.62. The van der Waals surface area contributed by atoms with Gasteiger partial charge in [-0.2, -0.15) is 0 Å². The Balaban J connectivity index is 2.43. The fourth-order valence-corrected chi connectivity index (χ4v) is 1.85. The fourth-order valence-electron chi connectivity index (χ4n) is 1.59. The highest BCUT2D eigenvalue weighted by Gasteiger charge is 2.02. The molecule has 0 saturated heterocycles. The molecular formula is C15H22ClNO. The maximum absolute atomic E-state index is 6.18. The molecule has 1 aromatic rings. The molecule has 0 aliphatic heterocycles. The molecule has 18 heavy (non-hydrogen) atoms. The summed E-state index contributed by atoms with van der Waals surface area (Å²) in [4.78, 5) is 0. The van der Waals surface area contributed by atoms with Crippen molar-refractivity contribution in [3.05, 3.63) is 41.4 Å². The molecule has 100 valence electrons. The number of allylic oxidation sites excluding steroid dienone is 1. The highest BCUT2D eigenvalue weighted by Crippen LogP contribution is 2.25. The lowest BCUT2D eigenvalue weighted by molar-refractivity contribution is 0.312. The maximum atomic E-state index is 6.18. The predicted octanol–water partition coefficient (Wildman–Crippen LogP) is 4.18. The van der Waals surface area contributed by atoms with Gasteiger partial charge in [-0.1, -0.05) is 30.7 Å². The van der Waals surface area contributed by atoms with E-state index in [1.165, 1.54) is 5.56 Å². The highest BCUT2D eigenvalue weighted by atomic mass is 35.5. The lowest BCUT2D eigenvalue weighted by atomic mass is 10.2. The van der Waals surface area contributed by atoms with Crippen LogP contribution in [0, 0.1) is 0 Å². The Hall–Kier alpha value is -0.990. The van der Waals surface area contributed by atoms with Gasteiger partial charge in [0.2, 0.25) is 0 Å². The average molecular weight is 268 g/mol. The first-order valence-corrected chi connectivity index (χ1v) is 6.88. The summed E-state index contributed by atoms with van der Waals surface area (Å²) in [6, 6.07) is 5.96. The summed E-state index contributed by atoms with van der Waals surface area (Å²) in [7, 11) is 0. The van der Waals surface area contributed by atoms with Gasteiger partial charge < -0.3 is 10.1 Å². The molecule has 0 spiro atoms. The van der Waals surface area contributed by atoms with Crippen molar-refractivity contribution in [2.24, 2.45) is 0 Å². The molecule has 0 radical (unpaired) electrons. The zero-order valence-electron chi connectivity index (χ0n) is 11.0. The molecule has 0 heterocycles. The normalized spacial score (nSPS) is 10.3. The Morgan fingerprint density at radius 3 is 2.94 bits per heavy atom. The molecule has 1 aromatic carbocycles. The van der Waals surface area contributed by atoms with Gasteiger partial charge in [0.15, 0.2) is 0 Å². The number of nitrogens with one attached hydrogen (secondary N) is 1. The van der Waals surface area contributed by atoms with Crippen molar-refractivity contribution < 1.29 is 4.74 Å². The molecular weight excluding hydrogens is 246 g/mol. The molecule has 0 saturated carbocycles. The smallest absolute Gasteiger partial charge is 0.137 e. The second-order valence-corrected chi connectivity index (χ2v) is 4.63. The molecule has 0 aliphatic carbocycles. The van der Waals surface area contributed by atoms with Crippen LogP contribution in [0.15, 0.2) is 30.9 Å². The lowest BCUT2D eigenvalue weighted by Crippen LogP contribution is -2.13. The summed E-state index contributed by atoms with van der Waals surface area (Å²) in [6.45, 7) is 8.39. The fraction of sp³-hybridized carbons (Fsp3) is 0.467. The Bertz CT molecular complexity index is 366. The van der Waals surface area contributed by atoms with E-state index in [-0.39, 0.29) is 0 Å². The minimum absolute atomic E-state index is 0.680. The molecule has 3 heteroatoms. The van der Waals surface area contributed by atoms with Crippen molar-refractivity contribution in [3.63, 3.8) is 0 Å². The van der Waals surface area contributed by atoms with Gasteiger partial charge in [0, 0.05) is 6.54 Å². The lowest BCUT2D eigenvalue weighted by Gasteiger charge is -2.09. The first-order chi connectivity index (χ1) is 8.77. The topological polar surface area (TPSA) is 21.3 Å². The third kappa shape index (κ3) is 5.56. The van der Waals surface area contributed by atoms with Gasteiger partial charge in [0.1, 0.15) is 5.75 Å². The molecule has 1 rings (SSSR count). The molecule has 1 N–H and O–H groups in total. The Labute approximate surface area is 115 Å². The maximum Gasteiger partial charge on any atom is 0.137 e. The number of unbranched alkanes of at least 4 members (excludes halogenated alkanes) is 1. The van der Waals surface area contributed by atoms with Crippen LogP contribution in [-0.2, 0) is 6.54 Å².